The molecule has 1 aliphatic rings. The third-order valence-corrected chi connectivity index (χ3v) is 3.70. The molecule has 2 rings (SSSR count). The van der Waals surface area contributed by atoms with Crippen molar-refractivity contribution in [2.24, 2.45) is 0 Å². The largest absolute Gasteiger partial charge is 0.315 e. The van der Waals surface area contributed by atoms with E-state index in [1.54, 1.807) is 6.07 Å². The molecule has 0 spiro atoms. The minimum atomic E-state index is -0.274. The molecule has 0 aliphatic carbocycles. The molecule has 0 bridgehead atoms. The van der Waals surface area contributed by atoms with Gasteiger partial charge in [-0.05, 0) is 37.2 Å². The first kappa shape index (κ1) is 12.8. The van der Waals surface area contributed by atoms with Gasteiger partial charge in [0.15, 0.2) is 0 Å². The van der Waals surface area contributed by atoms with Crippen molar-refractivity contribution >= 4 is 11.6 Å². The van der Waals surface area contributed by atoms with E-state index < -0.39 is 0 Å². The first-order chi connectivity index (χ1) is 8.20. The zero-order valence-corrected chi connectivity index (χ0v) is 10.8. The minimum Gasteiger partial charge on any atom is -0.315 e. The van der Waals surface area contributed by atoms with Crippen LogP contribution in [0.1, 0.15) is 18.9 Å². The van der Waals surface area contributed by atoms with Crippen LogP contribution in [-0.2, 0) is 6.54 Å². The standard InChI is InChI=1S/C13H18ClFN2/c1-2-17(12-5-6-16-8-12)9-10-3-4-11(15)7-13(10)14/h3-4,7,12,16H,2,5-6,8-9H2,1H3. The summed E-state index contributed by atoms with van der Waals surface area (Å²) >= 11 is 6.05. The Morgan fingerprint density at radius 3 is 2.94 bits per heavy atom. The van der Waals surface area contributed by atoms with Crippen molar-refractivity contribution in [1.82, 2.24) is 10.2 Å². The van der Waals surface area contributed by atoms with Crippen LogP contribution in [0.25, 0.3) is 0 Å². The molecule has 1 fully saturated rings. The molecule has 0 amide bonds. The second-order valence-electron chi connectivity index (χ2n) is 4.45. The van der Waals surface area contributed by atoms with Crippen molar-refractivity contribution < 1.29 is 4.39 Å². The highest BCUT2D eigenvalue weighted by atomic mass is 35.5. The summed E-state index contributed by atoms with van der Waals surface area (Å²) < 4.78 is 13.0. The van der Waals surface area contributed by atoms with Crippen LogP contribution < -0.4 is 5.32 Å². The van der Waals surface area contributed by atoms with Gasteiger partial charge in [-0.25, -0.2) is 4.39 Å². The molecule has 0 saturated carbocycles. The van der Waals surface area contributed by atoms with Gasteiger partial charge in [0.1, 0.15) is 5.82 Å². The molecule has 94 valence electrons. The van der Waals surface area contributed by atoms with Crippen LogP contribution >= 0.6 is 11.6 Å². The fourth-order valence-electron chi connectivity index (χ4n) is 2.32. The summed E-state index contributed by atoms with van der Waals surface area (Å²) in [5.41, 5.74) is 1.00. The molecule has 0 radical (unpaired) electrons. The predicted molar refractivity (Wildman–Crippen MR) is 68.8 cm³/mol. The van der Waals surface area contributed by atoms with Crippen molar-refractivity contribution in [3.63, 3.8) is 0 Å². The third-order valence-electron chi connectivity index (χ3n) is 3.35. The molecule has 1 aromatic rings. The first-order valence-corrected chi connectivity index (χ1v) is 6.47. The van der Waals surface area contributed by atoms with Gasteiger partial charge in [-0.2, -0.15) is 0 Å². The quantitative estimate of drug-likeness (QED) is 0.891. The van der Waals surface area contributed by atoms with Gasteiger partial charge in [0.2, 0.25) is 0 Å². The van der Waals surface area contributed by atoms with E-state index in [0.717, 1.165) is 31.7 Å². The van der Waals surface area contributed by atoms with Crippen molar-refractivity contribution in [2.45, 2.75) is 25.9 Å². The van der Waals surface area contributed by atoms with E-state index in [4.69, 9.17) is 11.6 Å². The number of hydrogen-bond acceptors (Lipinski definition) is 2. The predicted octanol–water partition coefficient (Wildman–Crippen LogP) is 2.66. The maximum atomic E-state index is 13.0. The van der Waals surface area contributed by atoms with Crippen molar-refractivity contribution in [1.29, 1.82) is 0 Å². The Kier molecular flexibility index (Phi) is 4.37. The maximum Gasteiger partial charge on any atom is 0.124 e. The highest BCUT2D eigenvalue weighted by Crippen LogP contribution is 2.21. The third kappa shape index (κ3) is 3.18. The van der Waals surface area contributed by atoms with E-state index in [0.29, 0.717) is 11.1 Å². The molecule has 0 aromatic heterocycles. The van der Waals surface area contributed by atoms with Crippen molar-refractivity contribution in [2.75, 3.05) is 19.6 Å². The van der Waals surface area contributed by atoms with Crippen molar-refractivity contribution in [3.8, 4) is 0 Å². The van der Waals surface area contributed by atoms with E-state index >= 15 is 0 Å². The van der Waals surface area contributed by atoms with E-state index in [2.05, 4.69) is 17.1 Å². The van der Waals surface area contributed by atoms with Crippen LogP contribution in [0.15, 0.2) is 18.2 Å². The van der Waals surface area contributed by atoms with Crippen LogP contribution in [0.2, 0.25) is 5.02 Å². The highest BCUT2D eigenvalue weighted by molar-refractivity contribution is 6.31. The Morgan fingerprint density at radius 1 is 1.53 bits per heavy atom. The van der Waals surface area contributed by atoms with Gasteiger partial charge >= 0.3 is 0 Å². The lowest BCUT2D eigenvalue weighted by atomic mass is 10.1. The summed E-state index contributed by atoms with van der Waals surface area (Å²) in [4.78, 5) is 2.39. The van der Waals surface area contributed by atoms with Crippen LogP contribution in [-0.4, -0.2) is 30.6 Å². The number of rotatable bonds is 4. The molecular formula is C13H18ClFN2. The Hall–Kier alpha value is -0.640. The topological polar surface area (TPSA) is 15.3 Å². The van der Waals surface area contributed by atoms with E-state index in [9.17, 15) is 4.39 Å². The number of nitrogens with zero attached hydrogens (tertiary/aromatic N) is 1. The van der Waals surface area contributed by atoms with Crippen LogP contribution in [0, 0.1) is 5.82 Å². The number of likely N-dealkylation sites (N-methyl/N-ethyl adjacent to an activating group) is 1. The molecule has 1 aliphatic heterocycles. The lowest BCUT2D eigenvalue weighted by Gasteiger charge is -2.27. The molecule has 1 atom stereocenters. The van der Waals surface area contributed by atoms with Crippen LogP contribution in [0.4, 0.5) is 4.39 Å². The average Bonchev–Trinajstić information content (AvgIpc) is 2.81. The van der Waals surface area contributed by atoms with Gasteiger partial charge in [0, 0.05) is 24.2 Å². The number of halogens is 2. The summed E-state index contributed by atoms with van der Waals surface area (Å²) in [5, 5.41) is 3.88. The normalized spacial score (nSPS) is 20.1. The molecule has 2 nitrogen and oxygen atoms in total. The van der Waals surface area contributed by atoms with Gasteiger partial charge in [-0.1, -0.05) is 24.6 Å². The molecule has 17 heavy (non-hydrogen) atoms. The van der Waals surface area contributed by atoms with Crippen LogP contribution in [0.3, 0.4) is 0 Å². The zero-order valence-electron chi connectivity index (χ0n) is 10.0. The number of nitrogens with one attached hydrogen (secondary N) is 1. The van der Waals surface area contributed by atoms with E-state index in [1.807, 2.05) is 0 Å². The molecular weight excluding hydrogens is 239 g/mol. The highest BCUT2D eigenvalue weighted by Gasteiger charge is 2.21. The van der Waals surface area contributed by atoms with Gasteiger partial charge in [-0.15, -0.1) is 0 Å². The van der Waals surface area contributed by atoms with Crippen LogP contribution in [0.5, 0.6) is 0 Å². The smallest absolute Gasteiger partial charge is 0.124 e. The van der Waals surface area contributed by atoms with Gasteiger partial charge in [-0.3, -0.25) is 4.90 Å². The summed E-state index contributed by atoms with van der Waals surface area (Å²) in [6, 6.07) is 5.21. The monoisotopic (exact) mass is 256 g/mol. The Bertz CT molecular complexity index is 378. The fourth-order valence-corrected chi connectivity index (χ4v) is 2.55. The van der Waals surface area contributed by atoms with E-state index in [1.165, 1.54) is 18.6 Å². The first-order valence-electron chi connectivity index (χ1n) is 6.09. The summed E-state index contributed by atoms with van der Waals surface area (Å²) in [7, 11) is 0. The maximum absolute atomic E-state index is 13.0. The van der Waals surface area contributed by atoms with Gasteiger partial charge < -0.3 is 5.32 Å². The molecule has 1 N–H and O–H groups in total. The fraction of sp³-hybridized carbons (Fsp3) is 0.538. The second kappa shape index (κ2) is 5.80. The average molecular weight is 257 g/mol. The van der Waals surface area contributed by atoms with E-state index in [-0.39, 0.29) is 5.82 Å². The summed E-state index contributed by atoms with van der Waals surface area (Å²) in [6.07, 6.45) is 1.17. The molecule has 1 heterocycles. The SMILES string of the molecule is CCN(Cc1ccc(F)cc1Cl)C1CCNC1. The zero-order chi connectivity index (χ0) is 12.3. The second-order valence-corrected chi connectivity index (χ2v) is 4.85. The molecule has 1 unspecified atom stereocenters. The van der Waals surface area contributed by atoms with Crippen molar-refractivity contribution in [3.05, 3.63) is 34.6 Å². The number of benzene rings is 1. The lowest BCUT2D eigenvalue weighted by molar-refractivity contribution is 0.210. The van der Waals surface area contributed by atoms with Gasteiger partial charge in [0.25, 0.3) is 0 Å². The number of hydrogen-bond donors (Lipinski definition) is 1. The molecule has 4 heteroatoms. The Labute approximate surface area is 107 Å². The summed E-state index contributed by atoms with van der Waals surface area (Å²) in [5.74, 6) is -0.274. The Morgan fingerprint density at radius 2 is 2.35 bits per heavy atom. The Balaban J connectivity index is 2.06. The lowest BCUT2D eigenvalue weighted by Crippen LogP contribution is -2.36. The molecule has 1 aromatic carbocycles. The summed E-state index contributed by atoms with van der Waals surface area (Å²) in [6.45, 7) is 6.04. The minimum absolute atomic E-state index is 0.274. The van der Waals surface area contributed by atoms with Gasteiger partial charge in [0.05, 0.1) is 0 Å². The molecule has 1 saturated heterocycles.